The van der Waals surface area contributed by atoms with E-state index in [0.717, 1.165) is 39.6 Å². The van der Waals surface area contributed by atoms with Gasteiger partial charge >= 0.3 is 0 Å². The van der Waals surface area contributed by atoms with Gasteiger partial charge in [0.2, 0.25) is 5.91 Å². The molecule has 9 heteroatoms. The second-order valence-corrected chi connectivity index (χ2v) is 10.1. The third-order valence-corrected chi connectivity index (χ3v) is 7.03. The molecule has 0 atom stereocenters. The van der Waals surface area contributed by atoms with Crippen molar-refractivity contribution >= 4 is 57.4 Å². The fourth-order valence-electron chi connectivity index (χ4n) is 4.87. The van der Waals surface area contributed by atoms with E-state index in [1.165, 1.54) is 0 Å². The smallest absolute Gasteiger partial charge is 0.291 e. The summed E-state index contributed by atoms with van der Waals surface area (Å²) in [4.78, 5) is 25.8. The van der Waals surface area contributed by atoms with Gasteiger partial charge in [0, 0.05) is 33.5 Å². The molecule has 2 amide bonds. The molecule has 0 fully saturated rings. The van der Waals surface area contributed by atoms with E-state index in [4.69, 9.17) is 32.0 Å². The number of hydrogen-bond acceptors (Lipinski definition) is 5. The highest BCUT2D eigenvalue weighted by Crippen LogP contribution is 2.32. The standard InChI is InChI=1S/C28H25Cl2N3O4/c1-14-9-15(2)25-17(13-36-23(25)10-14)11-24(34)33-32-20-5-4-6-22-26(20)16(3)27(37-22)28(35)31-21-12-18(29)7-8-19(21)30/h7-10,12-13H,4-6,11H2,1-3H3,(H,31,35)(H,33,34)/b32-20+. The predicted octanol–water partition coefficient (Wildman–Crippen LogP) is 6.91. The van der Waals surface area contributed by atoms with E-state index in [2.05, 4.69) is 21.9 Å². The Balaban J connectivity index is 1.35. The first-order chi connectivity index (χ1) is 17.7. The number of amides is 2. The number of fused-ring (bicyclic) bond motifs is 2. The van der Waals surface area contributed by atoms with Crippen LogP contribution in [-0.2, 0) is 17.6 Å². The number of aryl methyl sites for hydroxylation is 3. The molecule has 37 heavy (non-hydrogen) atoms. The summed E-state index contributed by atoms with van der Waals surface area (Å²) in [5.74, 6) is 0.164. The quantitative estimate of drug-likeness (QED) is 0.270. The number of carbonyl (C=O) groups is 2. The monoisotopic (exact) mass is 537 g/mol. The number of benzene rings is 2. The molecule has 0 radical (unpaired) electrons. The highest BCUT2D eigenvalue weighted by molar-refractivity contribution is 6.35. The van der Waals surface area contributed by atoms with Gasteiger partial charge in [-0.1, -0.05) is 29.3 Å². The van der Waals surface area contributed by atoms with Gasteiger partial charge in [-0.15, -0.1) is 0 Å². The highest BCUT2D eigenvalue weighted by atomic mass is 35.5. The van der Waals surface area contributed by atoms with Crippen LogP contribution in [0.1, 0.15) is 57.0 Å². The van der Waals surface area contributed by atoms with Crippen molar-refractivity contribution in [3.05, 3.63) is 86.0 Å². The molecule has 1 aliphatic carbocycles. The molecule has 5 rings (SSSR count). The van der Waals surface area contributed by atoms with Gasteiger partial charge in [-0.25, -0.2) is 5.43 Å². The van der Waals surface area contributed by atoms with E-state index in [0.29, 0.717) is 45.6 Å². The summed E-state index contributed by atoms with van der Waals surface area (Å²) < 4.78 is 11.6. The van der Waals surface area contributed by atoms with Crippen LogP contribution >= 0.6 is 23.2 Å². The van der Waals surface area contributed by atoms with Crippen LogP contribution in [0.3, 0.4) is 0 Å². The highest BCUT2D eigenvalue weighted by Gasteiger charge is 2.28. The molecule has 2 aromatic heterocycles. The van der Waals surface area contributed by atoms with Crippen LogP contribution in [0.2, 0.25) is 10.0 Å². The number of anilines is 1. The first kappa shape index (κ1) is 25.1. The third-order valence-electron chi connectivity index (χ3n) is 6.47. The van der Waals surface area contributed by atoms with Crippen molar-refractivity contribution < 1.29 is 18.4 Å². The molecule has 190 valence electrons. The van der Waals surface area contributed by atoms with Crippen molar-refractivity contribution in [3.8, 4) is 0 Å². The van der Waals surface area contributed by atoms with Crippen molar-refractivity contribution in [3.63, 3.8) is 0 Å². The van der Waals surface area contributed by atoms with Gasteiger partial charge in [-0.05, 0) is 69.0 Å². The van der Waals surface area contributed by atoms with Crippen molar-refractivity contribution in [2.24, 2.45) is 5.10 Å². The van der Waals surface area contributed by atoms with Crippen molar-refractivity contribution in [2.75, 3.05) is 5.32 Å². The van der Waals surface area contributed by atoms with E-state index in [-0.39, 0.29) is 18.1 Å². The summed E-state index contributed by atoms with van der Waals surface area (Å²) >= 11 is 12.2. The number of nitrogens with zero attached hydrogens (tertiary/aromatic N) is 1. The zero-order valence-corrected chi connectivity index (χ0v) is 22.1. The third kappa shape index (κ3) is 5.02. The lowest BCUT2D eigenvalue weighted by Crippen LogP contribution is -2.23. The maximum Gasteiger partial charge on any atom is 0.291 e. The lowest BCUT2D eigenvalue weighted by molar-refractivity contribution is -0.120. The van der Waals surface area contributed by atoms with Crippen LogP contribution in [0.25, 0.3) is 11.0 Å². The Kier molecular flexibility index (Phi) is 6.84. The molecule has 1 aliphatic rings. The molecule has 0 saturated heterocycles. The van der Waals surface area contributed by atoms with E-state index < -0.39 is 5.91 Å². The second kappa shape index (κ2) is 10.1. The van der Waals surface area contributed by atoms with Crippen molar-refractivity contribution in [2.45, 2.75) is 46.5 Å². The summed E-state index contributed by atoms with van der Waals surface area (Å²) in [5, 5.41) is 8.96. The minimum atomic E-state index is -0.433. The second-order valence-electron chi connectivity index (χ2n) is 9.27. The summed E-state index contributed by atoms with van der Waals surface area (Å²) in [7, 11) is 0. The Bertz CT molecular complexity index is 1580. The largest absolute Gasteiger partial charge is 0.464 e. The molecule has 0 spiro atoms. The van der Waals surface area contributed by atoms with Crippen LogP contribution < -0.4 is 10.7 Å². The van der Waals surface area contributed by atoms with Crippen molar-refractivity contribution in [1.82, 2.24) is 5.43 Å². The lowest BCUT2D eigenvalue weighted by Gasteiger charge is -2.13. The number of halogens is 2. The summed E-state index contributed by atoms with van der Waals surface area (Å²) in [6.07, 6.45) is 3.88. The Labute approximate surface area is 223 Å². The molecule has 0 unspecified atom stereocenters. The molecule has 2 aromatic carbocycles. The minimum absolute atomic E-state index is 0.138. The molecule has 2 heterocycles. The van der Waals surface area contributed by atoms with E-state index in [1.54, 1.807) is 24.5 Å². The van der Waals surface area contributed by atoms with Crippen LogP contribution in [0.5, 0.6) is 0 Å². The minimum Gasteiger partial charge on any atom is -0.464 e. The number of carbonyl (C=O) groups excluding carboxylic acids is 2. The fraction of sp³-hybridized carbons (Fsp3) is 0.250. The number of hydrazone groups is 1. The van der Waals surface area contributed by atoms with Gasteiger partial charge in [0.25, 0.3) is 5.91 Å². The van der Waals surface area contributed by atoms with Gasteiger partial charge in [-0.2, -0.15) is 5.10 Å². The zero-order chi connectivity index (χ0) is 26.3. The number of rotatable bonds is 5. The SMILES string of the molecule is Cc1cc(C)c2c(CC(=O)N/N=C3\CCCc4oc(C(=O)Nc5cc(Cl)ccc5Cl)c(C)c43)coc2c1. The van der Waals surface area contributed by atoms with Crippen LogP contribution in [0.4, 0.5) is 5.69 Å². The Morgan fingerprint density at radius 2 is 1.89 bits per heavy atom. The summed E-state index contributed by atoms with van der Waals surface area (Å²) in [6, 6.07) is 8.86. The van der Waals surface area contributed by atoms with Crippen LogP contribution in [-0.4, -0.2) is 17.5 Å². The molecular formula is C28H25Cl2N3O4. The number of nitrogens with one attached hydrogen (secondary N) is 2. The van der Waals surface area contributed by atoms with Gasteiger partial charge in [0.15, 0.2) is 5.76 Å². The average molecular weight is 538 g/mol. The molecule has 0 aliphatic heterocycles. The Morgan fingerprint density at radius 3 is 2.70 bits per heavy atom. The van der Waals surface area contributed by atoms with Gasteiger partial charge in [0.05, 0.1) is 29.1 Å². The fourth-order valence-corrected chi connectivity index (χ4v) is 5.20. The summed E-state index contributed by atoms with van der Waals surface area (Å²) in [5.41, 5.74) is 8.92. The predicted molar refractivity (Wildman–Crippen MR) is 145 cm³/mol. The Hall–Kier alpha value is -3.55. The van der Waals surface area contributed by atoms with Crippen LogP contribution in [0, 0.1) is 20.8 Å². The van der Waals surface area contributed by atoms with E-state index >= 15 is 0 Å². The first-order valence-electron chi connectivity index (χ1n) is 11.9. The molecule has 4 aromatic rings. The topological polar surface area (TPSA) is 96.8 Å². The maximum atomic E-state index is 13.0. The molecular weight excluding hydrogens is 513 g/mol. The maximum absolute atomic E-state index is 13.0. The van der Waals surface area contributed by atoms with E-state index in [9.17, 15) is 9.59 Å². The Morgan fingerprint density at radius 1 is 1.08 bits per heavy atom. The lowest BCUT2D eigenvalue weighted by atomic mass is 9.93. The number of furan rings is 2. The molecule has 2 N–H and O–H groups in total. The molecule has 7 nitrogen and oxygen atoms in total. The average Bonchev–Trinajstić information content (AvgIpc) is 3.41. The molecule has 0 saturated carbocycles. The summed E-state index contributed by atoms with van der Waals surface area (Å²) in [6.45, 7) is 5.82. The van der Waals surface area contributed by atoms with Gasteiger partial charge < -0.3 is 14.2 Å². The van der Waals surface area contributed by atoms with E-state index in [1.807, 2.05) is 26.8 Å². The van der Waals surface area contributed by atoms with Crippen molar-refractivity contribution in [1.29, 1.82) is 0 Å². The van der Waals surface area contributed by atoms with Crippen LogP contribution in [0.15, 0.2) is 50.5 Å². The normalized spacial score (nSPS) is 14.1. The van der Waals surface area contributed by atoms with Gasteiger partial charge in [-0.3, -0.25) is 9.59 Å². The zero-order valence-electron chi connectivity index (χ0n) is 20.6. The molecule has 0 bridgehead atoms. The van der Waals surface area contributed by atoms with Gasteiger partial charge in [0.1, 0.15) is 11.3 Å². The first-order valence-corrected chi connectivity index (χ1v) is 12.7. The number of hydrogen-bond donors (Lipinski definition) is 2.